The molecule has 0 aliphatic carbocycles. The molecule has 0 atom stereocenters. The van der Waals surface area contributed by atoms with Gasteiger partial charge in [0.1, 0.15) is 0 Å². The average molecular weight is 201 g/mol. The molecular weight excluding hydrogens is 180 g/mol. The third kappa shape index (κ3) is 1.86. The Labute approximate surface area is 94.0 Å². The van der Waals surface area contributed by atoms with E-state index < -0.39 is 0 Å². The van der Waals surface area contributed by atoms with E-state index in [9.17, 15) is 0 Å². The molecule has 0 aliphatic rings. The maximum absolute atomic E-state index is 3.25. The van der Waals surface area contributed by atoms with Gasteiger partial charge in [0.05, 0.1) is 0 Å². The lowest BCUT2D eigenvalue weighted by Gasteiger charge is -2.18. The second-order valence-corrected chi connectivity index (χ2v) is 4.38. The summed E-state index contributed by atoms with van der Waals surface area (Å²) in [5.41, 5.74) is 9.72. The van der Waals surface area contributed by atoms with Crippen LogP contribution < -0.4 is 0 Å². The van der Waals surface area contributed by atoms with Crippen LogP contribution in [0.5, 0.6) is 0 Å². The van der Waals surface area contributed by atoms with Gasteiger partial charge >= 0.3 is 0 Å². The topological polar surface area (TPSA) is 0 Å². The van der Waals surface area contributed by atoms with Crippen LogP contribution in [0, 0.1) is 40.7 Å². The zero-order chi connectivity index (χ0) is 11.7. The Balaban J connectivity index is 3.67. The van der Waals surface area contributed by atoms with Gasteiger partial charge in [-0.1, -0.05) is 0 Å². The van der Waals surface area contributed by atoms with Crippen molar-refractivity contribution in [3.05, 3.63) is 39.5 Å². The molecule has 1 radical (unpaired) electrons. The predicted molar refractivity (Wildman–Crippen MR) is 68.1 cm³/mol. The van der Waals surface area contributed by atoms with E-state index >= 15 is 0 Å². The van der Waals surface area contributed by atoms with Crippen molar-refractivity contribution in [3.63, 3.8) is 0 Å². The molecule has 0 heterocycles. The summed E-state index contributed by atoms with van der Waals surface area (Å²) in [7, 11) is 0. The molecule has 0 N–H and O–H groups in total. The van der Waals surface area contributed by atoms with Crippen molar-refractivity contribution >= 4 is 5.57 Å². The zero-order valence-corrected chi connectivity index (χ0v) is 11.0. The summed E-state index contributed by atoms with van der Waals surface area (Å²) < 4.78 is 0. The molecular formula is C15H21. The van der Waals surface area contributed by atoms with Crippen LogP contribution in [0.1, 0.15) is 47.2 Å². The van der Waals surface area contributed by atoms with E-state index in [0.29, 0.717) is 0 Å². The van der Waals surface area contributed by atoms with Crippen LogP contribution in [0.3, 0.4) is 0 Å². The Bertz CT molecular complexity index is 391. The van der Waals surface area contributed by atoms with Crippen LogP contribution in [0.4, 0.5) is 0 Å². The highest BCUT2D eigenvalue weighted by Gasteiger charge is 2.12. The zero-order valence-electron chi connectivity index (χ0n) is 11.0. The normalized spacial score (nSPS) is 12.1. The second kappa shape index (κ2) is 4.22. The Hall–Kier alpha value is -1.04. The highest BCUT2D eigenvalue weighted by molar-refractivity contribution is 5.71. The van der Waals surface area contributed by atoms with Gasteiger partial charge in [0.2, 0.25) is 0 Å². The fourth-order valence-corrected chi connectivity index (χ4v) is 2.19. The van der Waals surface area contributed by atoms with Crippen molar-refractivity contribution in [1.82, 2.24) is 0 Å². The largest absolute Gasteiger partial charge is 0.0447 e. The third-order valence-electron chi connectivity index (χ3n) is 3.75. The van der Waals surface area contributed by atoms with Gasteiger partial charge in [0.25, 0.3) is 0 Å². The van der Waals surface area contributed by atoms with Gasteiger partial charge in [-0.25, -0.2) is 0 Å². The minimum Gasteiger partial charge on any atom is -0.0447 e. The molecule has 0 saturated heterocycles. The summed E-state index contributed by atoms with van der Waals surface area (Å²) in [6, 6.07) is 0. The van der Waals surface area contributed by atoms with Crippen LogP contribution in [0.15, 0.2) is 0 Å². The van der Waals surface area contributed by atoms with E-state index in [0.717, 1.165) is 0 Å². The first-order valence-corrected chi connectivity index (χ1v) is 5.50. The summed E-state index contributed by atoms with van der Waals surface area (Å²) in [6.07, 6.45) is 3.25. The average Bonchev–Trinajstić information content (AvgIpc) is 2.23. The van der Waals surface area contributed by atoms with Gasteiger partial charge in [-0.05, 0) is 93.5 Å². The Morgan fingerprint density at radius 1 is 0.733 bits per heavy atom. The Kier molecular flexibility index (Phi) is 3.38. The molecule has 0 aliphatic heterocycles. The van der Waals surface area contributed by atoms with Crippen molar-refractivity contribution in [2.24, 2.45) is 0 Å². The van der Waals surface area contributed by atoms with Crippen molar-refractivity contribution in [2.75, 3.05) is 0 Å². The lowest BCUT2D eigenvalue weighted by molar-refractivity contribution is 1.15. The second-order valence-electron chi connectivity index (χ2n) is 4.38. The number of allylic oxidation sites excluding steroid dienone is 2. The molecule has 81 valence electrons. The first-order valence-electron chi connectivity index (χ1n) is 5.50. The number of hydrogen-bond acceptors (Lipinski definition) is 0. The SMILES string of the molecule is C[C]=C(C)c1c(C)c(C)c(C)c(C)c1C. The first kappa shape index (κ1) is 12.0. The summed E-state index contributed by atoms with van der Waals surface area (Å²) >= 11 is 0. The van der Waals surface area contributed by atoms with Crippen molar-refractivity contribution in [1.29, 1.82) is 0 Å². The molecule has 0 heteroatoms. The Morgan fingerprint density at radius 3 is 1.40 bits per heavy atom. The summed E-state index contributed by atoms with van der Waals surface area (Å²) in [5, 5.41) is 0. The van der Waals surface area contributed by atoms with Gasteiger partial charge in [-0.15, -0.1) is 0 Å². The standard InChI is InChI=1S/C15H21/c1-8-9(2)15-13(6)11(4)10(3)12(5)14(15)7/h1-7H3. The minimum absolute atomic E-state index is 1.26. The van der Waals surface area contributed by atoms with Gasteiger partial charge in [-0.2, -0.15) is 0 Å². The minimum atomic E-state index is 1.26. The fourth-order valence-electron chi connectivity index (χ4n) is 2.19. The lowest BCUT2D eigenvalue weighted by atomic mass is 9.86. The molecule has 0 unspecified atom stereocenters. The highest BCUT2D eigenvalue weighted by Crippen LogP contribution is 2.30. The smallest absolute Gasteiger partial charge is 0.0161 e. The van der Waals surface area contributed by atoms with E-state index in [1.54, 1.807) is 0 Å². The molecule has 1 aromatic carbocycles. The molecule has 0 nitrogen and oxygen atoms in total. The van der Waals surface area contributed by atoms with Crippen LogP contribution in [0.2, 0.25) is 0 Å². The van der Waals surface area contributed by atoms with E-state index in [1.807, 2.05) is 6.92 Å². The molecule has 15 heavy (non-hydrogen) atoms. The predicted octanol–water partition coefficient (Wildman–Crippen LogP) is 4.46. The van der Waals surface area contributed by atoms with E-state index in [4.69, 9.17) is 0 Å². The number of rotatable bonds is 1. The summed E-state index contributed by atoms with van der Waals surface area (Å²) in [4.78, 5) is 0. The summed E-state index contributed by atoms with van der Waals surface area (Å²) in [6.45, 7) is 15.2. The van der Waals surface area contributed by atoms with Crippen molar-refractivity contribution in [2.45, 2.75) is 48.5 Å². The van der Waals surface area contributed by atoms with Crippen molar-refractivity contribution < 1.29 is 0 Å². The van der Waals surface area contributed by atoms with Crippen LogP contribution in [-0.2, 0) is 0 Å². The van der Waals surface area contributed by atoms with Gasteiger partial charge in [0, 0.05) is 0 Å². The van der Waals surface area contributed by atoms with Gasteiger partial charge < -0.3 is 0 Å². The highest BCUT2D eigenvalue weighted by atomic mass is 14.2. The molecule has 0 fully saturated rings. The molecule has 0 saturated carbocycles. The lowest BCUT2D eigenvalue weighted by Crippen LogP contribution is -2.01. The van der Waals surface area contributed by atoms with Gasteiger partial charge in [0.15, 0.2) is 0 Å². The first-order chi connectivity index (χ1) is 6.91. The maximum atomic E-state index is 3.25. The maximum Gasteiger partial charge on any atom is -0.0161 e. The molecule has 1 rings (SSSR count). The van der Waals surface area contributed by atoms with E-state index in [2.05, 4.69) is 47.6 Å². The quantitative estimate of drug-likeness (QED) is 0.629. The molecule has 0 bridgehead atoms. The van der Waals surface area contributed by atoms with Crippen LogP contribution in [0.25, 0.3) is 5.57 Å². The van der Waals surface area contributed by atoms with E-state index in [-0.39, 0.29) is 0 Å². The molecule has 0 aromatic heterocycles. The summed E-state index contributed by atoms with van der Waals surface area (Å²) in [5.74, 6) is 0. The van der Waals surface area contributed by atoms with Crippen LogP contribution >= 0.6 is 0 Å². The molecule has 1 aromatic rings. The molecule has 0 amide bonds. The third-order valence-corrected chi connectivity index (χ3v) is 3.75. The number of hydrogen-bond donors (Lipinski definition) is 0. The van der Waals surface area contributed by atoms with Gasteiger partial charge in [-0.3, -0.25) is 0 Å². The Morgan fingerprint density at radius 2 is 1.07 bits per heavy atom. The van der Waals surface area contributed by atoms with Crippen molar-refractivity contribution in [3.8, 4) is 0 Å². The number of benzene rings is 1. The monoisotopic (exact) mass is 201 g/mol. The van der Waals surface area contributed by atoms with E-state index in [1.165, 1.54) is 39.0 Å². The fraction of sp³-hybridized carbons (Fsp3) is 0.467. The molecule has 0 spiro atoms. The van der Waals surface area contributed by atoms with Crippen LogP contribution in [-0.4, -0.2) is 0 Å².